The van der Waals surface area contributed by atoms with Crippen LogP contribution in [0.15, 0.2) is 60.8 Å². The summed E-state index contributed by atoms with van der Waals surface area (Å²) in [6.45, 7) is 0.716. The van der Waals surface area contributed by atoms with Crippen LogP contribution in [-0.2, 0) is 6.54 Å². The van der Waals surface area contributed by atoms with Crippen molar-refractivity contribution in [2.24, 2.45) is 0 Å². The van der Waals surface area contributed by atoms with Crippen molar-refractivity contribution in [2.75, 3.05) is 0 Å². The zero-order valence-electron chi connectivity index (χ0n) is 13.3. The van der Waals surface area contributed by atoms with E-state index in [0.29, 0.717) is 18.5 Å². The second-order valence-corrected chi connectivity index (χ2v) is 6.26. The van der Waals surface area contributed by atoms with Crippen molar-refractivity contribution >= 4 is 0 Å². The van der Waals surface area contributed by atoms with Crippen molar-refractivity contribution < 1.29 is 4.39 Å². The molecule has 0 radical (unpaired) electrons. The van der Waals surface area contributed by atoms with Crippen LogP contribution in [0.1, 0.15) is 30.0 Å². The molecule has 4 nitrogen and oxygen atoms in total. The Bertz CT molecular complexity index is 792. The van der Waals surface area contributed by atoms with Crippen molar-refractivity contribution in [3.8, 4) is 5.69 Å². The zero-order chi connectivity index (χ0) is 16.4. The third-order valence-corrected chi connectivity index (χ3v) is 4.58. The molecule has 1 saturated carbocycles. The van der Waals surface area contributed by atoms with Crippen molar-refractivity contribution in [1.29, 1.82) is 0 Å². The van der Waals surface area contributed by atoms with Gasteiger partial charge >= 0.3 is 0 Å². The topological polar surface area (TPSA) is 42.7 Å². The molecule has 0 spiro atoms. The average Bonchev–Trinajstić information content (AvgIpc) is 3.05. The van der Waals surface area contributed by atoms with E-state index in [9.17, 15) is 4.39 Å². The summed E-state index contributed by atoms with van der Waals surface area (Å²) in [5.41, 5.74) is 3.12. The summed E-state index contributed by atoms with van der Waals surface area (Å²) in [4.78, 5) is 1.65. The Balaban J connectivity index is 1.28. The maximum atomic E-state index is 13.0. The fourth-order valence-corrected chi connectivity index (χ4v) is 3.10. The summed E-state index contributed by atoms with van der Waals surface area (Å²) in [6.07, 6.45) is 3.97. The Kier molecular flexibility index (Phi) is 4.09. The molecule has 4 rings (SSSR count). The highest BCUT2D eigenvalue weighted by atomic mass is 19.1. The van der Waals surface area contributed by atoms with Gasteiger partial charge < -0.3 is 5.32 Å². The standard InChI is InChI=1S/C19H19FN4/c20-16-8-6-14(7-9-16)15-10-17(11-15)21-12-18-13-22-24(23-18)19-4-2-1-3-5-19/h1-9,13,15,17,21H,10-12H2. The van der Waals surface area contributed by atoms with Gasteiger partial charge in [0, 0.05) is 12.6 Å². The van der Waals surface area contributed by atoms with Crippen molar-refractivity contribution in [1.82, 2.24) is 20.3 Å². The van der Waals surface area contributed by atoms with Crippen LogP contribution >= 0.6 is 0 Å². The molecule has 3 aromatic rings. The number of aromatic nitrogens is 3. The molecule has 1 aliphatic rings. The second-order valence-electron chi connectivity index (χ2n) is 6.26. The van der Waals surface area contributed by atoms with Gasteiger partial charge in [-0.05, 0) is 48.6 Å². The summed E-state index contributed by atoms with van der Waals surface area (Å²) < 4.78 is 13.0. The van der Waals surface area contributed by atoms with Crippen molar-refractivity contribution in [3.63, 3.8) is 0 Å². The summed E-state index contributed by atoms with van der Waals surface area (Å²) in [5.74, 6) is 0.359. The summed E-state index contributed by atoms with van der Waals surface area (Å²) in [7, 11) is 0. The minimum atomic E-state index is -0.172. The highest BCUT2D eigenvalue weighted by Gasteiger charge is 2.29. The third kappa shape index (κ3) is 3.21. The van der Waals surface area contributed by atoms with Crippen molar-refractivity contribution in [3.05, 3.63) is 77.9 Å². The van der Waals surface area contributed by atoms with Crippen LogP contribution in [0.2, 0.25) is 0 Å². The quantitative estimate of drug-likeness (QED) is 0.782. The molecule has 5 heteroatoms. The molecular formula is C19H19FN4. The van der Waals surface area contributed by atoms with E-state index >= 15 is 0 Å². The Morgan fingerprint density at radius 1 is 1.04 bits per heavy atom. The maximum absolute atomic E-state index is 13.0. The molecule has 122 valence electrons. The zero-order valence-corrected chi connectivity index (χ0v) is 13.3. The normalized spacial score (nSPS) is 19.9. The summed E-state index contributed by atoms with van der Waals surface area (Å²) in [5, 5.41) is 12.3. The molecule has 1 N–H and O–H groups in total. The predicted octanol–water partition coefficient (Wildman–Crippen LogP) is 3.44. The van der Waals surface area contributed by atoms with Gasteiger partial charge in [-0.25, -0.2) is 4.39 Å². The van der Waals surface area contributed by atoms with Crippen LogP contribution in [0.4, 0.5) is 4.39 Å². The minimum absolute atomic E-state index is 0.172. The van der Waals surface area contributed by atoms with Crippen molar-refractivity contribution in [2.45, 2.75) is 31.3 Å². The fraction of sp³-hybridized carbons (Fsp3) is 0.263. The lowest BCUT2D eigenvalue weighted by Gasteiger charge is -2.36. The lowest BCUT2D eigenvalue weighted by atomic mass is 9.76. The molecule has 24 heavy (non-hydrogen) atoms. The largest absolute Gasteiger partial charge is 0.308 e. The number of halogens is 1. The predicted molar refractivity (Wildman–Crippen MR) is 90.4 cm³/mol. The third-order valence-electron chi connectivity index (χ3n) is 4.58. The second kappa shape index (κ2) is 6.53. The Morgan fingerprint density at radius 3 is 2.54 bits per heavy atom. The maximum Gasteiger partial charge on any atom is 0.123 e. The number of hydrogen-bond donors (Lipinski definition) is 1. The molecule has 1 aromatic heterocycles. The number of nitrogens with zero attached hydrogens (tertiary/aromatic N) is 3. The van der Waals surface area contributed by atoms with Gasteiger partial charge in [-0.2, -0.15) is 15.0 Å². The molecule has 0 aliphatic heterocycles. The van der Waals surface area contributed by atoms with Crippen LogP contribution in [0.3, 0.4) is 0 Å². The van der Waals surface area contributed by atoms with E-state index in [1.54, 1.807) is 11.0 Å². The number of rotatable bonds is 5. The van der Waals surface area contributed by atoms with Gasteiger partial charge in [-0.1, -0.05) is 30.3 Å². The van der Waals surface area contributed by atoms with Crippen LogP contribution in [0.5, 0.6) is 0 Å². The van der Waals surface area contributed by atoms with Gasteiger partial charge in [-0.3, -0.25) is 0 Å². The lowest BCUT2D eigenvalue weighted by Crippen LogP contribution is -2.39. The van der Waals surface area contributed by atoms with Crippen LogP contribution in [0.25, 0.3) is 5.69 Å². The first-order valence-corrected chi connectivity index (χ1v) is 8.23. The van der Waals surface area contributed by atoms with Crippen LogP contribution < -0.4 is 5.32 Å². The first kappa shape index (κ1) is 15.0. The van der Waals surface area contributed by atoms with E-state index < -0.39 is 0 Å². The molecular weight excluding hydrogens is 303 g/mol. The first-order chi connectivity index (χ1) is 11.8. The SMILES string of the molecule is Fc1ccc(C2CC(NCc3cnn(-c4ccccc4)n3)C2)cc1. The van der Waals surface area contributed by atoms with Crippen LogP contribution in [-0.4, -0.2) is 21.0 Å². The smallest absolute Gasteiger partial charge is 0.123 e. The van der Waals surface area contributed by atoms with Gasteiger partial charge in [0.05, 0.1) is 17.6 Å². The first-order valence-electron chi connectivity index (χ1n) is 8.23. The van der Waals surface area contributed by atoms with E-state index in [1.807, 2.05) is 42.5 Å². The molecule has 0 unspecified atom stereocenters. The highest BCUT2D eigenvalue weighted by molar-refractivity contribution is 5.28. The highest BCUT2D eigenvalue weighted by Crippen LogP contribution is 2.36. The summed E-state index contributed by atoms with van der Waals surface area (Å²) >= 11 is 0. The molecule has 0 bridgehead atoms. The molecule has 1 heterocycles. The average molecular weight is 322 g/mol. The van der Waals surface area contributed by atoms with Gasteiger partial charge in [0.15, 0.2) is 0 Å². The molecule has 0 saturated heterocycles. The molecule has 0 amide bonds. The van der Waals surface area contributed by atoms with Crippen LogP contribution in [0, 0.1) is 5.82 Å². The number of hydrogen-bond acceptors (Lipinski definition) is 3. The van der Waals surface area contributed by atoms with E-state index in [0.717, 1.165) is 24.2 Å². The Morgan fingerprint density at radius 2 is 1.79 bits per heavy atom. The number of nitrogens with one attached hydrogen (secondary N) is 1. The summed E-state index contributed by atoms with van der Waals surface area (Å²) in [6, 6.07) is 17.2. The molecule has 0 atom stereocenters. The van der Waals surface area contributed by atoms with E-state index in [1.165, 1.54) is 17.7 Å². The van der Waals surface area contributed by atoms with E-state index in [-0.39, 0.29) is 5.82 Å². The lowest BCUT2D eigenvalue weighted by molar-refractivity contribution is 0.288. The van der Waals surface area contributed by atoms with E-state index in [2.05, 4.69) is 15.5 Å². The van der Waals surface area contributed by atoms with E-state index in [4.69, 9.17) is 0 Å². The molecule has 1 fully saturated rings. The fourth-order valence-electron chi connectivity index (χ4n) is 3.10. The molecule has 1 aliphatic carbocycles. The monoisotopic (exact) mass is 322 g/mol. The minimum Gasteiger partial charge on any atom is -0.308 e. The number of para-hydroxylation sites is 1. The van der Waals surface area contributed by atoms with Gasteiger partial charge in [0.2, 0.25) is 0 Å². The molecule has 2 aromatic carbocycles. The van der Waals surface area contributed by atoms with Gasteiger partial charge in [0.25, 0.3) is 0 Å². The Hall–Kier alpha value is -2.53. The Labute approximate surface area is 140 Å². The van der Waals surface area contributed by atoms with Gasteiger partial charge in [-0.15, -0.1) is 0 Å². The number of benzene rings is 2. The van der Waals surface area contributed by atoms with Gasteiger partial charge in [0.1, 0.15) is 5.82 Å².